The van der Waals surface area contributed by atoms with Crippen LogP contribution in [0.3, 0.4) is 0 Å². The van der Waals surface area contributed by atoms with Crippen LogP contribution in [0.4, 0.5) is 0 Å². The van der Waals surface area contributed by atoms with Gasteiger partial charge in [-0.05, 0) is 30.7 Å². The third-order valence-electron chi connectivity index (χ3n) is 4.48. The van der Waals surface area contributed by atoms with E-state index in [2.05, 4.69) is 15.3 Å². The average molecular weight is 398 g/mol. The third-order valence-corrected chi connectivity index (χ3v) is 6.03. The number of ether oxygens (including phenoxy) is 1. The number of benzene rings is 1. The number of amides is 1. The predicted molar refractivity (Wildman–Crippen MR) is 109 cm³/mol. The van der Waals surface area contributed by atoms with Crippen LogP contribution in [0.5, 0.6) is 5.75 Å². The first-order valence-corrected chi connectivity index (χ1v) is 10.8. The molecule has 3 aromatic rings. The van der Waals surface area contributed by atoms with Crippen LogP contribution in [-0.2, 0) is 0 Å². The van der Waals surface area contributed by atoms with Gasteiger partial charge in [0.15, 0.2) is 5.82 Å². The molecule has 1 aromatic carbocycles. The molecule has 27 heavy (non-hydrogen) atoms. The van der Waals surface area contributed by atoms with Gasteiger partial charge in [0.25, 0.3) is 5.91 Å². The van der Waals surface area contributed by atoms with E-state index in [1.807, 2.05) is 55.0 Å². The Morgan fingerprint density at radius 1 is 1.26 bits per heavy atom. The Morgan fingerprint density at radius 3 is 2.89 bits per heavy atom. The maximum atomic E-state index is 13.1. The van der Waals surface area contributed by atoms with E-state index >= 15 is 0 Å². The molecule has 1 aliphatic rings. The van der Waals surface area contributed by atoms with Gasteiger partial charge in [-0.1, -0.05) is 24.3 Å². The van der Waals surface area contributed by atoms with Gasteiger partial charge >= 0.3 is 0 Å². The highest BCUT2D eigenvalue weighted by molar-refractivity contribution is 7.98. The summed E-state index contributed by atoms with van der Waals surface area (Å²) in [7, 11) is 0. The highest BCUT2D eigenvalue weighted by Gasteiger charge is 2.26. The molecule has 138 valence electrons. The van der Waals surface area contributed by atoms with Crippen molar-refractivity contribution in [1.29, 1.82) is 0 Å². The molecule has 0 unspecified atom stereocenters. The number of hydrogen-bond acceptors (Lipinski definition) is 6. The van der Waals surface area contributed by atoms with E-state index in [-0.39, 0.29) is 11.9 Å². The number of fused-ring (bicyclic) bond motifs is 1. The molecule has 0 saturated carbocycles. The first-order chi connectivity index (χ1) is 13.2. The second-order valence-electron chi connectivity index (χ2n) is 6.20. The summed E-state index contributed by atoms with van der Waals surface area (Å²) in [6.45, 7) is 2.45. The minimum Gasteiger partial charge on any atom is -0.493 e. The van der Waals surface area contributed by atoms with Gasteiger partial charge in [-0.2, -0.15) is 0 Å². The van der Waals surface area contributed by atoms with Crippen LogP contribution in [0.25, 0.3) is 10.7 Å². The van der Waals surface area contributed by atoms with Crippen LogP contribution in [0, 0.1) is 6.92 Å². The Morgan fingerprint density at radius 2 is 2.11 bits per heavy atom. The molecule has 2 aromatic heterocycles. The Hall–Kier alpha value is -2.38. The number of hydrogen-bond donors (Lipinski definition) is 1. The molecule has 0 fully saturated rings. The molecule has 0 aliphatic carbocycles. The maximum absolute atomic E-state index is 13.1. The van der Waals surface area contributed by atoms with Crippen molar-refractivity contribution < 1.29 is 9.53 Å². The number of aryl methyl sites for hydroxylation is 1. The summed E-state index contributed by atoms with van der Waals surface area (Å²) in [5, 5.41) is 5.85. The van der Waals surface area contributed by atoms with Crippen LogP contribution in [0.15, 0.2) is 46.8 Å². The van der Waals surface area contributed by atoms with Gasteiger partial charge in [-0.3, -0.25) is 4.79 Å². The molecule has 5 nitrogen and oxygen atoms in total. The predicted octanol–water partition coefficient (Wildman–Crippen LogP) is 4.49. The molecule has 1 amide bonds. The van der Waals surface area contributed by atoms with Crippen molar-refractivity contribution in [3.63, 3.8) is 0 Å². The van der Waals surface area contributed by atoms with Gasteiger partial charge in [-0.15, -0.1) is 23.1 Å². The lowest BCUT2D eigenvalue weighted by Gasteiger charge is -2.27. The molecular formula is C20H19N3O2S2. The largest absolute Gasteiger partial charge is 0.493 e. The number of thioether (sulfide) groups is 1. The fourth-order valence-corrected chi connectivity index (χ4v) is 4.47. The Balaban J connectivity index is 1.65. The molecule has 0 bridgehead atoms. The number of aromatic nitrogens is 2. The van der Waals surface area contributed by atoms with Crippen molar-refractivity contribution in [1.82, 2.24) is 15.3 Å². The molecule has 0 radical (unpaired) electrons. The summed E-state index contributed by atoms with van der Waals surface area (Å²) in [6, 6.07) is 11.7. The minimum atomic E-state index is -0.142. The van der Waals surface area contributed by atoms with Crippen molar-refractivity contribution in [2.24, 2.45) is 0 Å². The zero-order chi connectivity index (χ0) is 18.8. The summed E-state index contributed by atoms with van der Waals surface area (Å²) in [5.41, 5.74) is 2.25. The first kappa shape index (κ1) is 18.0. The summed E-state index contributed by atoms with van der Waals surface area (Å²) in [6.07, 6.45) is 2.67. The van der Waals surface area contributed by atoms with E-state index in [4.69, 9.17) is 4.74 Å². The van der Waals surface area contributed by atoms with E-state index in [0.717, 1.165) is 22.6 Å². The highest BCUT2D eigenvalue weighted by Crippen LogP contribution is 2.33. The number of thiophene rings is 1. The molecule has 1 N–H and O–H groups in total. The number of nitrogens with one attached hydrogen (secondary N) is 1. The van der Waals surface area contributed by atoms with Gasteiger partial charge in [0.2, 0.25) is 0 Å². The maximum Gasteiger partial charge on any atom is 0.256 e. The zero-order valence-electron chi connectivity index (χ0n) is 15.1. The standard InChI is InChI=1S/C20H19N3O2S2/c1-12-17(20(26-2)23-18(21-12)16-8-5-11-27-16)19(24)22-14-9-10-25-15-7-4-3-6-13(14)15/h3-8,11,14H,9-10H2,1-2H3,(H,22,24)/t14-/m0/s1. The first-order valence-electron chi connectivity index (χ1n) is 8.66. The van der Waals surface area contributed by atoms with Gasteiger partial charge in [-0.25, -0.2) is 9.97 Å². The topological polar surface area (TPSA) is 64.1 Å². The molecule has 0 spiro atoms. The van der Waals surface area contributed by atoms with Crippen LogP contribution in [0.2, 0.25) is 0 Å². The number of rotatable bonds is 4. The lowest BCUT2D eigenvalue weighted by Crippen LogP contribution is -2.33. The van der Waals surface area contributed by atoms with Crippen molar-refractivity contribution >= 4 is 29.0 Å². The Labute approximate surface area is 166 Å². The summed E-state index contributed by atoms with van der Waals surface area (Å²) in [5.74, 6) is 1.36. The van der Waals surface area contributed by atoms with Gasteiger partial charge in [0, 0.05) is 12.0 Å². The highest BCUT2D eigenvalue weighted by atomic mass is 32.2. The average Bonchev–Trinajstić information content (AvgIpc) is 3.22. The molecule has 3 heterocycles. The van der Waals surface area contributed by atoms with E-state index in [1.165, 1.54) is 11.8 Å². The van der Waals surface area contributed by atoms with E-state index in [0.29, 0.717) is 28.7 Å². The summed E-state index contributed by atoms with van der Waals surface area (Å²) >= 11 is 3.06. The molecule has 1 atom stereocenters. The normalized spacial score (nSPS) is 15.7. The number of para-hydroxylation sites is 1. The van der Waals surface area contributed by atoms with Crippen LogP contribution in [-0.4, -0.2) is 28.7 Å². The van der Waals surface area contributed by atoms with Crippen LogP contribution in [0.1, 0.15) is 34.1 Å². The third kappa shape index (κ3) is 3.57. The van der Waals surface area contributed by atoms with Gasteiger partial charge in [0.05, 0.1) is 28.8 Å². The second-order valence-corrected chi connectivity index (χ2v) is 7.94. The Bertz CT molecular complexity index is 973. The van der Waals surface area contributed by atoms with E-state index in [9.17, 15) is 4.79 Å². The van der Waals surface area contributed by atoms with Crippen molar-refractivity contribution in [3.8, 4) is 16.5 Å². The molecule has 7 heteroatoms. The Kier molecular flexibility index (Phi) is 5.13. The number of carbonyl (C=O) groups is 1. The smallest absolute Gasteiger partial charge is 0.256 e. The van der Waals surface area contributed by atoms with Crippen molar-refractivity contribution in [3.05, 3.63) is 58.6 Å². The molecular weight excluding hydrogens is 378 g/mol. The van der Waals surface area contributed by atoms with E-state index in [1.54, 1.807) is 11.3 Å². The van der Waals surface area contributed by atoms with Gasteiger partial charge in [0.1, 0.15) is 10.8 Å². The lowest BCUT2D eigenvalue weighted by atomic mass is 10.00. The second kappa shape index (κ2) is 7.70. The lowest BCUT2D eigenvalue weighted by molar-refractivity contribution is 0.0920. The van der Waals surface area contributed by atoms with E-state index < -0.39 is 0 Å². The zero-order valence-corrected chi connectivity index (χ0v) is 16.7. The van der Waals surface area contributed by atoms with Crippen LogP contribution >= 0.6 is 23.1 Å². The molecule has 1 aliphatic heterocycles. The molecule has 0 saturated heterocycles. The monoisotopic (exact) mass is 397 g/mol. The summed E-state index contributed by atoms with van der Waals surface area (Å²) < 4.78 is 5.69. The fourth-order valence-electron chi connectivity index (χ4n) is 3.19. The van der Waals surface area contributed by atoms with Crippen LogP contribution < -0.4 is 10.1 Å². The van der Waals surface area contributed by atoms with Crippen molar-refractivity contribution in [2.75, 3.05) is 12.9 Å². The number of carbonyl (C=O) groups excluding carboxylic acids is 1. The minimum absolute atomic E-state index is 0.0754. The summed E-state index contributed by atoms with van der Waals surface area (Å²) in [4.78, 5) is 23.3. The number of nitrogens with zero attached hydrogens (tertiary/aromatic N) is 2. The fraction of sp³-hybridized carbons (Fsp3) is 0.250. The SMILES string of the molecule is CSc1nc(-c2cccs2)nc(C)c1C(=O)N[C@H]1CCOc2ccccc21. The quantitative estimate of drug-likeness (QED) is 0.519. The van der Waals surface area contributed by atoms with Crippen molar-refractivity contribution in [2.45, 2.75) is 24.4 Å². The molecule has 4 rings (SSSR count). The van der Waals surface area contributed by atoms with Gasteiger partial charge < -0.3 is 10.1 Å².